The van der Waals surface area contributed by atoms with E-state index in [1.165, 1.54) is 5.56 Å². The van der Waals surface area contributed by atoms with E-state index in [-0.39, 0.29) is 17.9 Å². The molecule has 0 aliphatic carbocycles. The van der Waals surface area contributed by atoms with E-state index in [0.717, 1.165) is 6.42 Å². The van der Waals surface area contributed by atoms with Crippen LogP contribution in [0, 0.1) is 5.41 Å². The van der Waals surface area contributed by atoms with E-state index < -0.39 is 12.0 Å². The van der Waals surface area contributed by atoms with Crippen LogP contribution in [-0.2, 0) is 11.2 Å². The van der Waals surface area contributed by atoms with E-state index in [2.05, 4.69) is 10.6 Å². The number of nitrogens with one attached hydrogen (secondary N) is 2. The molecule has 1 rings (SSSR count). The zero-order valence-electron chi connectivity index (χ0n) is 12.1. The summed E-state index contributed by atoms with van der Waals surface area (Å²) >= 11 is 1.63. The number of carbonyl (C=O) groups excluding carboxylic acids is 1. The predicted molar refractivity (Wildman–Crippen MR) is 80.1 cm³/mol. The third kappa shape index (κ3) is 6.06. The fourth-order valence-electron chi connectivity index (χ4n) is 1.71. The Morgan fingerprint density at radius 2 is 2.10 bits per heavy atom. The van der Waals surface area contributed by atoms with Gasteiger partial charge in [-0.3, -0.25) is 4.79 Å². The number of urea groups is 1. The first-order chi connectivity index (χ1) is 9.29. The van der Waals surface area contributed by atoms with Crippen molar-refractivity contribution in [2.24, 2.45) is 5.41 Å². The zero-order valence-corrected chi connectivity index (χ0v) is 12.9. The van der Waals surface area contributed by atoms with Crippen molar-refractivity contribution in [3.8, 4) is 0 Å². The number of carboxylic acids is 1. The summed E-state index contributed by atoms with van der Waals surface area (Å²) in [5.74, 6) is -0.913. The molecule has 2 amide bonds. The van der Waals surface area contributed by atoms with E-state index in [1.807, 2.05) is 37.6 Å². The monoisotopic (exact) mass is 298 g/mol. The van der Waals surface area contributed by atoms with E-state index >= 15 is 0 Å². The highest BCUT2D eigenvalue weighted by atomic mass is 32.1. The van der Waals surface area contributed by atoms with Gasteiger partial charge in [0.2, 0.25) is 0 Å². The van der Waals surface area contributed by atoms with Gasteiger partial charge in [-0.25, -0.2) is 4.79 Å². The number of amides is 2. The summed E-state index contributed by atoms with van der Waals surface area (Å²) in [7, 11) is 0. The molecule has 0 saturated heterocycles. The molecular formula is C14H22N2O3S. The molecule has 0 bridgehead atoms. The van der Waals surface area contributed by atoms with E-state index in [9.17, 15) is 9.59 Å². The first-order valence-electron chi connectivity index (χ1n) is 6.56. The first-order valence-corrected chi connectivity index (χ1v) is 7.50. The van der Waals surface area contributed by atoms with E-state index in [4.69, 9.17) is 5.11 Å². The van der Waals surface area contributed by atoms with Crippen LogP contribution in [0.25, 0.3) is 0 Å². The average Bonchev–Trinajstić information content (AvgIpc) is 2.79. The molecule has 0 fully saturated rings. The maximum absolute atomic E-state index is 11.8. The fourth-order valence-corrected chi connectivity index (χ4v) is 2.42. The molecule has 1 unspecified atom stereocenters. The SMILES string of the molecule is CC(C)(C)C(CC(=O)O)NC(=O)NCCc1ccsc1. The third-order valence-electron chi connectivity index (χ3n) is 3.01. The van der Waals surface area contributed by atoms with Crippen LogP contribution in [0.5, 0.6) is 0 Å². The lowest BCUT2D eigenvalue weighted by molar-refractivity contribution is -0.138. The molecule has 0 aliphatic rings. The van der Waals surface area contributed by atoms with E-state index in [0.29, 0.717) is 6.54 Å². The van der Waals surface area contributed by atoms with Crippen molar-refractivity contribution in [2.75, 3.05) is 6.54 Å². The second-order valence-corrected chi connectivity index (χ2v) is 6.58. The number of carboxylic acid groups (broad SMARTS) is 1. The molecule has 6 heteroatoms. The first kappa shape index (κ1) is 16.5. The van der Waals surface area contributed by atoms with Gasteiger partial charge in [0.05, 0.1) is 6.42 Å². The summed E-state index contributed by atoms with van der Waals surface area (Å²) in [6.45, 7) is 6.26. The van der Waals surface area contributed by atoms with Gasteiger partial charge in [0.25, 0.3) is 0 Å². The standard InChI is InChI=1S/C14H22N2O3S/c1-14(2,3)11(8-12(17)18)16-13(19)15-6-4-10-5-7-20-9-10/h5,7,9,11H,4,6,8H2,1-3H3,(H,17,18)(H2,15,16,19). The lowest BCUT2D eigenvalue weighted by Crippen LogP contribution is -2.49. The minimum atomic E-state index is -0.913. The Morgan fingerprint density at radius 3 is 2.60 bits per heavy atom. The average molecular weight is 298 g/mol. The normalized spacial score (nSPS) is 12.8. The highest BCUT2D eigenvalue weighted by Gasteiger charge is 2.28. The summed E-state index contributed by atoms with van der Waals surface area (Å²) < 4.78 is 0. The predicted octanol–water partition coefficient (Wildman–Crippen LogP) is 2.48. The molecule has 112 valence electrons. The molecule has 0 radical (unpaired) electrons. The Balaban J connectivity index is 2.39. The molecule has 1 atom stereocenters. The summed E-state index contributed by atoms with van der Waals surface area (Å²) in [5.41, 5.74) is 0.886. The molecule has 0 aliphatic heterocycles. The van der Waals surface area contributed by atoms with Crippen molar-refractivity contribution in [2.45, 2.75) is 39.7 Å². The number of carbonyl (C=O) groups is 2. The summed E-state index contributed by atoms with van der Waals surface area (Å²) in [5, 5.41) is 18.4. The smallest absolute Gasteiger partial charge is 0.315 e. The minimum Gasteiger partial charge on any atom is -0.481 e. The van der Waals surface area contributed by atoms with Gasteiger partial charge in [0.15, 0.2) is 0 Å². The maximum atomic E-state index is 11.8. The van der Waals surface area contributed by atoms with Crippen LogP contribution >= 0.6 is 11.3 Å². The van der Waals surface area contributed by atoms with Crippen molar-refractivity contribution in [1.82, 2.24) is 10.6 Å². The van der Waals surface area contributed by atoms with Gasteiger partial charge < -0.3 is 15.7 Å². The highest BCUT2D eigenvalue weighted by molar-refractivity contribution is 7.07. The van der Waals surface area contributed by atoms with Crippen molar-refractivity contribution in [3.63, 3.8) is 0 Å². The van der Waals surface area contributed by atoms with Gasteiger partial charge in [-0.2, -0.15) is 11.3 Å². The van der Waals surface area contributed by atoms with Crippen LogP contribution in [0.4, 0.5) is 4.79 Å². The second kappa shape index (κ2) is 7.28. The Kier molecular flexibility index (Phi) is 6.01. The molecule has 20 heavy (non-hydrogen) atoms. The summed E-state index contributed by atoms with van der Waals surface area (Å²) in [4.78, 5) is 22.6. The number of aliphatic carboxylic acids is 1. The van der Waals surface area contributed by atoms with Crippen LogP contribution in [-0.4, -0.2) is 29.7 Å². The quantitative estimate of drug-likeness (QED) is 0.755. The van der Waals surface area contributed by atoms with Gasteiger partial charge >= 0.3 is 12.0 Å². The van der Waals surface area contributed by atoms with Crippen LogP contribution in [0.3, 0.4) is 0 Å². The topological polar surface area (TPSA) is 78.4 Å². The second-order valence-electron chi connectivity index (χ2n) is 5.80. The van der Waals surface area contributed by atoms with Gasteiger partial charge in [0, 0.05) is 12.6 Å². The molecule has 3 N–H and O–H groups in total. The van der Waals surface area contributed by atoms with Crippen molar-refractivity contribution in [3.05, 3.63) is 22.4 Å². The Morgan fingerprint density at radius 1 is 1.40 bits per heavy atom. The van der Waals surface area contributed by atoms with Gasteiger partial charge in [0.1, 0.15) is 0 Å². The summed E-state index contributed by atoms with van der Waals surface area (Å²) in [6.07, 6.45) is 0.692. The van der Waals surface area contributed by atoms with Crippen LogP contribution in [0.2, 0.25) is 0 Å². The molecule has 0 spiro atoms. The Labute approximate surface area is 123 Å². The minimum absolute atomic E-state index is 0.0819. The summed E-state index contributed by atoms with van der Waals surface area (Å²) in [6, 6.07) is 1.30. The lowest BCUT2D eigenvalue weighted by atomic mass is 9.85. The Hall–Kier alpha value is -1.56. The van der Waals surface area contributed by atoms with Gasteiger partial charge in [-0.1, -0.05) is 20.8 Å². The molecular weight excluding hydrogens is 276 g/mol. The fraction of sp³-hybridized carbons (Fsp3) is 0.571. The zero-order chi connectivity index (χ0) is 15.2. The van der Waals surface area contributed by atoms with Gasteiger partial charge in [-0.15, -0.1) is 0 Å². The maximum Gasteiger partial charge on any atom is 0.315 e. The molecule has 5 nitrogen and oxygen atoms in total. The highest BCUT2D eigenvalue weighted by Crippen LogP contribution is 2.21. The number of hydrogen-bond donors (Lipinski definition) is 3. The van der Waals surface area contributed by atoms with Crippen molar-refractivity contribution >= 4 is 23.3 Å². The number of rotatable bonds is 6. The molecule has 1 heterocycles. The van der Waals surface area contributed by atoms with Crippen LogP contribution in [0.15, 0.2) is 16.8 Å². The van der Waals surface area contributed by atoms with Crippen molar-refractivity contribution in [1.29, 1.82) is 0 Å². The van der Waals surface area contributed by atoms with Crippen LogP contribution in [0.1, 0.15) is 32.8 Å². The molecule has 1 aromatic heterocycles. The molecule has 0 aromatic carbocycles. The lowest BCUT2D eigenvalue weighted by Gasteiger charge is -2.30. The van der Waals surface area contributed by atoms with E-state index in [1.54, 1.807) is 11.3 Å². The van der Waals surface area contributed by atoms with Crippen LogP contribution < -0.4 is 10.6 Å². The van der Waals surface area contributed by atoms with Gasteiger partial charge in [-0.05, 0) is 34.2 Å². The molecule has 0 saturated carbocycles. The third-order valence-corrected chi connectivity index (χ3v) is 3.74. The Bertz CT molecular complexity index is 438. The molecule has 1 aromatic rings. The van der Waals surface area contributed by atoms with Crippen molar-refractivity contribution < 1.29 is 14.7 Å². The largest absolute Gasteiger partial charge is 0.481 e. The number of hydrogen-bond acceptors (Lipinski definition) is 3. The number of thiophene rings is 1.